The molecule has 5 nitrogen and oxygen atoms in total. The Balaban J connectivity index is 1.69. The summed E-state index contributed by atoms with van der Waals surface area (Å²) in [7, 11) is 0. The molecule has 3 rings (SSSR count). The number of benzene rings is 1. The Hall–Kier alpha value is -2.47. The van der Waals surface area contributed by atoms with Gasteiger partial charge in [0.2, 0.25) is 5.91 Å². The van der Waals surface area contributed by atoms with E-state index in [-0.39, 0.29) is 5.91 Å². The third-order valence-electron chi connectivity index (χ3n) is 3.71. The largest absolute Gasteiger partial charge is 0.365 e. The summed E-state index contributed by atoms with van der Waals surface area (Å²) in [5.74, 6) is 1.73. The first-order valence-corrected chi connectivity index (χ1v) is 8.84. The number of fused-ring (bicyclic) bond motifs is 1. The first-order valence-electron chi connectivity index (χ1n) is 7.96. The van der Waals surface area contributed by atoms with Crippen LogP contribution in [0.5, 0.6) is 0 Å². The highest BCUT2D eigenvalue weighted by atomic mass is 32.1. The van der Waals surface area contributed by atoms with Gasteiger partial charge in [0.15, 0.2) is 0 Å². The molecule has 6 heteroatoms. The number of aryl methyl sites for hydroxylation is 1. The van der Waals surface area contributed by atoms with Gasteiger partial charge in [-0.05, 0) is 22.6 Å². The number of hydrogen-bond acceptors (Lipinski definition) is 5. The minimum atomic E-state index is -0.0176. The number of nitrogens with zero attached hydrogens (tertiary/aromatic N) is 2. The fourth-order valence-corrected chi connectivity index (χ4v) is 3.16. The van der Waals surface area contributed by atoms with Crippen molar-refractivity contribution in [2.45, 2.75) is 33.4 Å². The second kappa shape index (κ2) is 7.40. The van der Waals surface area contributed by atoms with E-state index in [0.717, 1.165) is 33.8 Å². The van der Waals surface area contributed by atoms with Gasteiger partial charge >= 0.3 is 0 Å². The number of carbonyl (C=O) groups is 1. The van der Waals surface area contributed by atoms with Crippen molar-refractivity contribution in [2.24, 2.45) is 0 Å². The first kappa shape index (κ1) is 16.4. The molecule has 0 atom stereocenters. The number of anilines is 1. The molecule has 1 aromatic carbocycles. The highest BCUT2D eigenvalue weighted by molar-refractivity contribution is 7.16. The molecule has 0 radical (unpaired) electrons. The maximum atomic E-state index is 10.9. The highest BCUT2D eigenvalue weighted by Crippen LogP contribution is 2.25. The standard InChI is InChI=1S/C18H20N4OS/c1-3-16-21-17(15-8-9-24-18(15)22-16)20-11-14-6-4-13(5-7-14)10-19-12(2)23/h4-9H,3,10-11H2,1-2H3,(H,19,23)(H,20,21,22). The number of thiophene rings is 1. The summed E-state index contributed by atoms with van der Waals surface area (Å²) in [6, 6.07) is 10.3. The Morgan fingerprint density at radius 3 is 2.46 bits per heavy atom. The lowest BCUT2D eigenvalue weighted by molar-refractivity contribution is -0.119. The predicted molar refractivity (Wildman–Crippen MR) is 98.1 cm³/mol. The zero-order valence-electron chi connectivity index (χ0n) is 13.8. The average Bonchev–Trinajstić information content (AvgIpc) is 3.07. The van der Waals surface area contributed by atoms with Crippen molar-refractivity contribution < 1.29 is 4.79 Å². The van der Waals surface area contributed by atoms with Crippen LogP contribution in [0.4, 0.5) is 5.82 Å². The van der Waals surface area contributed by atoms with Crippen LogP contribution in [0.3, 0.4) is 0 Å². The number of aromatic nitrogens is 2. The van der Waals surface area contributed by atoms with E-state index in [9.17, 15) is 4.79 Å². The molecule has 2 N–H and O–H groups in total. The fraction of sp³-hybridized carbons (Fsp3) is 0.278. The summed E-state index contributed by atoms with van der Waals surface area (Å²) >= 11 is 1.64. The smallest absolute Gasteiger partial charge is 0.217 e. The molecule has 0 aliphatic carbocycles. The minimum Gasteiger partial charge on any atom is -0.365 e. The van der Waals surface area contributed by atoms with Gasteiger partial charge in [0.05, 0.1) is 5.39 Å². The number of amides is 1. The molecule has 2 heterocycles. The van der Waals surface area contributed by atoms with Crippen LogP contribution < -0.4 is 10.6 Å². The van der Waals surface area contributed by atoms with Gasteiger partial charge in [-0.1, -0.05) is 31.2 Å². The van der Waals surface area contributed by atoms with E-state index in [1.54, 1.807) is 11.3 Å². The predicted octanol–water partition coefficient (Wildman–Crippen LogP) is 3.50. The van der Waals surface area contributed by atoms with Crippen molar-refractivity contribution in [2.75, 3.05) is 5.32 Å². The van der Waals surface area contributed by atoms with Crippen LogP contribution in [0.1, 0.15) is 30.8 Å². The molecule has 0 saturated carbocycles. The molecule has 0 spiro atoms. The third kappa shape index (κ3) is 3.89. The number of rotatable bonds is 6. The van der Waals surface area contributed by atoms with Gasteiger partial charge in [-0.3, -0.25) is 4.79 Å². The number of nitrogens with one attached hydrogen (secondary N) is 2. The van der Waals surface area contributed by atoms with Crippen molar-refractivity contribution in [3.05, 3.63) is 52.7 Å². The van der Waals surface area contributed by atoms with Crippen LogP contribution in [0.2, 0.25) is 0 Å². The number of hydrogen-bond donors (Lipinski definition) is 2. The van der Waals surface area contributed by atoms with Gasteiger partial charge in [-0.2, -0.15) is 0 Å². The van der Waals surface area contributed by atoms with Crippen molar-refractivity contribution in [3.63, 3.8) is 0 Å². The first-order chi connectivity index (χ1) is 11.7. The second-order valence-corrected chi connectivity index (χ2v) is 6.46. The van der Waals surface area contributed by atoms with E-state index < -0.39 is 0 Å². The maximum absolute atomic E-state index is 10.9. The van der Waals surface area contributed by atoms with Crippen molar-refractivity contribution in [1.29, 1.82) is 0 Å². The fourth-order valence-electron chi connectivity index (χ4n) is 2.38. The molecule has 0 unspecified atom stereocenters. The molecule has 2 aromatic heterocycles. The quantitative estimate of drug-likeness (QED) is 0.721. The van der Waals surface area contributed by atoms with E-state index in [1.807, 2.05) is 17.5 Å². The Morgan fingerprint density at radius 1 is 1.08 bits per heavy atom. The van der Waals surface area contributed by atoms with Crippen molar-refractivity contribution in [1.82, 2.24) is 15.3 Å². The molecular formula is C18H20N4OS. The third-order valence-corrected chi connectivity index (χ3v) is 4.52. The Labute approximate surface area is 145 Å². The van der Waals surface area contributed by atoms with E-state index in [1.165, 1.54) is 12.5 Å². The molecule has 0 fully saturated rings. The summed E-state index contributed by atoms with van der Waals surface area (Å²) in [6.45, 7) is 4.85. The molecule has 1 amide bonds. The van der Waals surface area contributed by atoms with Crippen molar-refractivity contribution >= 4 is 33.3 Å². The van der Waals surface area contributed by atoms with Crippen LogP contribution in [0.25, 0.3) is 10.2 Å². The minimum absolute atomic E-state index is 0.0176. The molecule has 0 aliphatic rings. The molecule has 0 saturated heterocycles. The van der Waals surface area contributed by atoms with Gasteiger partial charge in [-0.25, -0.2) is 9.97 Å². The summed E-state index contributed by atoms with van der Waals surface area (Å²) in [5.41, 5.74) is 2.26. The molecule has 0 aliphatic heterocycles. The summed E-state index contributed by atoms with van der Waals surface area (Å²) in [4.78, 5) is 21.1. The van der Waals surface area contributed by atoms with Gasteiger partial charge < -0.3 is 10.6 Å². The topological polar surface area (TPSA) is 66.9 Å². The molecule has 0 bridgehead atoms. The van der Waals surface area contributed by atoms with E-state index in [0.29, 0.717) is 13.1 Å². The lowest BCUT2D eigenvalue weighted by Gasteiger charge is -2.09. The zero-order valence-corrected chi connectivity index (χ0v) is 14.6. The summed E-state index contributed by atoms with van der Waals surface area (Å²) in [5, 5.41) is 9.33. The van der Waals surface area contributed by atoms with Crippen LogP contribution >= 0.6 is 11.3 Å². The average molecular weight is 340 g/mol. The van der Waals surface area contributed by atoms with Crippen molar-refractivity contribution in [3.8, 4) is 0 Å². The molecule has 3 aromatic rings. The van der Waals surface area contributed by atoms with Gasteiger partial charge in [0.1, 0.15) is 16.5 Å². The van der Waals surface area contributed by atoms with Crippen LogP contribution in [-0.4, -0.2) is 15.9 Å². The normalized spacial score (nSPS) is 10.8. The van der Waals surface area contributed by atoms with Crippen LogP contribution in [0, 0.1) is 0 Å². The summed E-state index contributed by atoms with van der Waals surface area (Å²) in [6.07, 6.45) is 0.820. The zero-order chi connectivity index (χ0) is 16.9. The maximum Gasteiger partial charge on any atom is 0.217 e. The lowest BCUT2D eigenvalue weighted by Crippen LogP contribution is -2.18. The molecular weight excluding hydrogens is 320 g/mol. The van der Waals surface area contributed by atoms with E-state index in [2.05, 4.69) is 45.7 Å². The SMILES string of the molecule is CCc1nc(NCc2ccc(CNC(C)=O)cc2)c2ccsc2n1. The highest BCUT2D eigenvalue weighted by Gasteiger charge is 2.08. The van der Waals surface area contributed by atoms with Crippen LogP contribution in [0.15, 0.2) is 35.7 Å². The Morgan fingerprint density at radius 2 is 1.79 bits per heavy atom. The number of carbonyl (C=O) groups excluding carboxylic acids is 1. The Kier molecular flexibility index (Phi) is 5.05. The monoisotopic (exact) mass is 340 g/mol. The van der Waals surface area contributed by atoms with Gasteiger partial charge in [-0.15, -0.1) is 11.3 Å². The van der Waals surface area contributed by atoms with Gasteiger partial charge in [0.25, 0.3) is 0 Å². The van der Waals surface area contributed by atoms with E-state index in [4.69, 9.17) is 0 Å². The molecule has 24 heavy (non-hydrogen) atoms. The summed E-state index contributed by atoms with van der Waals surface area (Å²) < 4.78 is 0. The second-order valence-electron chi connectivity index (χ2n) is 5.56. The molecule has 124 valence electrons. The lowest BCUT2D eigenvalue weighted by atomic mass is 10.1. The van der Waals surface area contributed by atoms with Crippen LogP contribution in [-0.2, 0) is 24.3 Å². The van der Waals surface area contributed by atoms with E-state index >= 15 is 0 Å². The Bertz CT molecular complexity index is 842. The van der Waals surface area contributed by atoms with Gasteiger partial charge in [0, 0.05) is 26.4 Å².